The number of piperidine rings is 1. The Labute approximate surface area is 143 Å². The van der Waals surface area contributed by atoms with E-state index in [2.05, 4.69) is 5.32 Å². The van der Waals surface area contributed by atoms with Crippen LogP contribution in [0.2, 0.25) is 0 Å². The van der Waals surface area contributed by atoms with Crippen molar-refractivity contribution in [3.05, 3.63) is 35.4 Å². The Balaban J connectivity index is 2.22. The summed E-state index contributed by atoms with van der Waals surface area (Å²) in [5.74, 6) is -3.70. The average Bonchev–Trinajstić information content (AvgIpc) is 2.53. The molecule has 1 heterocycles. The van der Waals surface area contributed by atoms with Crippen molar-refractivity contribution in [1.29, 1.82) is 0 Å². The highest BCUT2D eigenvalue weighted by Gasteiger charge is 2.33. The van der Waals surface area contributed by atoms with Gasteiger partial charge in [0.05, 0.1) is 12.5 Å². The van der Waals surface area contributed by atoms with Crippen molar-refractivity contribution in [2.45, 2.75) is 44.7 Å². The number of hydrogen-bond donors (Lipinski definition) is 2. The van der Waals surface area contributed by atoms with Gasteiger partial charge in [-0.3, -0.25) is 9.59 Å². The van der Waals surface area contributed by atoms with E-state index < -0.39 is 41.5 Å². The number of carboxylic acid groups (broad SMARTS) is 1. The fourth-order valence-corrected chi connectivity index (χ4v) is 3.05. The van der Waals surface area contributed by atoms with Crippen LogP contribution in [0.1, 0.15) is 44.2 Å². The molecule has 2 N–H and O–H groups in total. The number of rotatable bonds is 5. The molecule has 1 aromatic carbocycles. The van der Waals surface area contributed by atoms with Gasteiger partial charge >= 0.3 is 5.97 Å². The molecular formula is C17H20F2N2O4. The molecule has 1 aliphatic rings. The molecule has 0 saturated carbocycles. The van der Waals surface area contributed by atoms with E-state index in [0.717, 1.165) is 6.07 Å². The first-order chi connectivity index (χ1) is 11.8. The largest absolute Gasteiger partial charge is 0.480 e. The van der Waals surface area contributed by atoms with Crippen LogP contribution in [0.3, 0.4) is 0 Å². The quantitative estimate of drug-likeness (QED) is 0.847. The number of carbonyl (C=O) groups excluding carboxylic acids is 2. The number of likely N-dealkylation sites (tertiary alicyclic amines) is 1. The number of aliphatic carboxylic acids is 1. The summed E-state index contributed by atoms with van der Waals surface area (Å²) < 4.78 is 27.1. The molecule has 1 aromatic rings. The van der Waals surface area contributed by atoms with Crippen LogP contribution >= 0.6 is 0 Å². The fraction of sp³-hybridized carbons (Fsp3) is 0.471. The molecule has 2 atom stereocenters. The zero-order valence-corrected chi connectivity index (χ0v) is 13.8. The normalized spacial score (nSPS) is 18.5. The van der Waals surface area contributed by atoms with Crippen molar-refractivity contribution < 1.29 is 28.3 Å². The van der Waals surface area contributed by atoms with Crippen LogP contribution in [-0.2, 0) is 14.4 Å². The Morgan fingerprint density at radius 3 is 2.64 bits per heavy atom. The lowest BCUT2D eigenvalue weighted by Gasteiger charge is -2.34. The molecule has 8 heteroatoms. The maximum atomic E-state index is 14.0. The van der Waals surface area contributed by atoms with Crippen molar-refractivity contribution in [2.75, 3.05) is 6.54 Å². The SMILES string of the molecule is CC(=O)NC(CC(=O)N1CCCCC1C(=O)O)c1ccc(F)cc1F. The summed E-state index contributed by atoms with van der Waals surface area (Å²) in [5.41, 5.74) is -0.0196. The molecule has 1 aliphatic heterocycles. The van der Waals surface area contributed by atoms with Crippen LogP contribution in [0.5, 0.6) is 0 Å². The van der Waals surface area contributed by atoms with Gasteiger partial charge in [0.15, 0.2) is 0 Å². The monoisotopic (exact) mass is 354 g/mol. The fourth-order valence-electron chi connectivity index (χ4n) is 3.05. The Morgan fingerprint density at radius 2 is 2.04 bits per heavy atom. The molecule has 2 unspecified atom stereocenters. The van der Waals surface area contributed by atoms with Crippen molar-refractivity contribution in [1.82, 2.24) is 10.2 Å². The lowest BCUT2D eigenvalue weighted by atomic mass is 9.98. The van der Waals surface area contributed by atoms with Crippen LogP contribution in [0.15, 0.2) is 18.2 Å². The highest BCUT2D eigenvalue weighted by molar-refractivity contribution is 5.85. The van der Waals surface area contributed by atoms with Gasteiger partial charge in [-0.25, -0.2) is 13.6 Å². The summed E-state index contributed by atoms with van der Waals surface area (Å²) in [7, 11) is 0. The molecule has 1 saturated heterocycles. The van der Waals surface area contributed by atoms with Gasteiger partial charge in [-0.05, 0) is 25.3 Å². The van der Waals surface area contributed by atoms with Gasteiger partial charge in [-0.15, -0.1) is 0 Å². The molecule has 25 heavy (non-hydrogen) atoms. The zero-order chi connectivity index (χ0) is 18.6. The van der Waals surface area contributed by atoms with Crippen molar-refractivity contribution >= 4 is 17.8 Å². The third-order valence-corrected chi connectivity index (χ3v) is 4.20. The highest BCUT2D eigenvalue weighted by atomic mass is 19.1. The Bertz CT molecular complexity index is 681. The van der Waals surface area contributed by atoms with Gasteiger partial charge in [-0.1, -0.05) is 6.07 Å². The van der Waals surface area contributed by atoms with Crippen LogP contribution in [0.4, 0.5) is 8.78 Å². The predicted octanol–water partition coefficient (Wildman–Crippen LogP) is 2.00. The Kier molecular flexibility index (Phi) is 6.06. The standard InChI is InChI=1S/C17H20F2N2O4/c1-10(22)20-14(12-6-5-11(18)8-13(12)19)9-16(23)21-7-3-2-4-15(21)17(24)25/h5-6,8,14-15H,2-4,7,9H2,1H3,(H,20,22)(H,24,25). The Hall–Kier alpha value is -2.51. The minimum absolute atomic E-state index is 0.0196. The van der Waals surface area contributed by atoms with Crippen LogP contribution in [0, 0.1) is 11.6 Å². The van der Waals surface area contributed by atoms with E-state index in [1.807, 2.05) is 0 Å². The van der Waals surface area contributed by atoms with Gasteiger partial charge in [0.1, 0.15) is 17.7 Å². The summed E-state index contributed by atoms with van der Waals surface area (Å²) in [4.78, 5) is 36.6. The number of carboxylic acids is 1. The number of halogens is 2. The summed E-state index contributed by atoms with van der Waals surface area (Å²) in [6, 6.07) is 0.969. The first kappa shape index (κ1) is 18.8. The molecular weight excluding hydrogens is 334 g/mol. The number of nitrogens with zero attached hydrogens (tertiary/aromatic N) is 1. The van der Waals surface area contributed by atoms with Crippen molar-refractivity contribution in [3.63, 3.8) is 0 Å². The summed E-state index contributed by atoms with van der Waals surface area (Å²) >= 11 is 0. The summed E-state index contributed by atoms with van der Waals surface area (Å²) in [6.07, 6.45) is 1.45. The molecule has 0 bridgehead atoms. The lowest BCUT2D eigenvalue weighted by Crippen LogP contribution is -2.49. The van der Waals surface area contributed by atoms with E-state index in [9.17, 15) is 28.3 Å². The highest BCUT2D eigenvalue weighted by Crippen LogP contribution is 2.25. The lowest BCUT2D eigenvalue weighted by molar-refractivity contribution is -0.152. The Morgan fingerprint density at radius 1 is 1.32 bits per heavy atom. The van der Waals surface area contributed by atoms with Gasteiger partial charge in [-0.2, -0.15) is 0 Å². The third kappa shape index (κ3) is 4.74. The first-order valence-corrected chi connectivity index (χ1v) is 8.04. The molecule has 6 nitrogen and oxygen atoms in total. The molecule has 1 fully saturated rings. The van der Waals surface area contributed by atoms with Crippen LogP contribution < -0.4 is 5.32 Å². The second-order valence-electron chi connectivity index (χ2n) is 6.06. The topological polar surface area (TPSA) is 86.7 Å². The molecule has 0 aliphatic carbocycles. The van der Waals surface area contributed by atoms with Crippen LogP contribution in [-0.4, -0.2) is 40.4 Å². The van der Waals surface area contributed by atoms with Crippen molar-refractivity contribution in [3.8, 4) is 0 Å². The third-order valence-electron chi connectivity index (χ3n) is 4.20. The molecule has 2 amide bonds. The number of hydrogen-bond acceptors (Lipinski definition) is 3. The van der Waals surface area contributed by atoms with Gasteiger partial charge < -0.3 is 15.3 Å². The van der Waals surface area contributed by atoms with E-state index in [1.54, 1.807) is 0 Å². The van der Waals surface area contributed by atoms with Gasteiger partial charge in [0.2, 0.25) is 11.8 Å². The van der Waals surface area contributed by atoms with Crippen LogP contribution in [0.25, 0.3) is 0 Å². The number of benzene rings is 1. The molecule has 0 spiro atoms. The molecule has 0 aromatic heterocycles. The minimum Gasteiger partial charge on any atom is -0.480 e. The van der Waals surface area contributed by atoms with E-state index in [0.29, 0.717) is 31.9 Å². The van der Waals surface area contributed by atoms with E-state index in [1.165, 1.54) is 17.9 Å². The summed E-state index contributed by atoms with van der Waals surface area (Å²) in [6.45, 7) is 1.52. The van der Waals surface area contributed by atoms with Gasteiger partial charge in [0.25, 0.3) is 0 Å². The van der Waals surface area contributed by atoms with E-state index in [4.69, 9.17) is 0 Å². The first-order valence-electron chi connectivity index (χ1n) is 8.04. The number of nitrogens with one attached hydrogen (secondary N) is 1. The average molecular weight is 354 g/mol. The van der Waals surface area contributed by atoms with E-state index >= 15 is 0 Å². The number of amides is 2. The summed E-state index contributed by atoms with van der Waals surface area (Å²) in [5, 5.41) is 11.7. The smallest absolute Gasteiger partial charge is 0.326 e. The second kappa shape index (κ2) is 8.04. The predicted molar refractivity (Wildman–Crippen MR) is 84.5 cm³/mol. The maximum absolute atomic E-state index is 14.0. The second-order valence-corrected chi connectivity index (χ2v) is 6.06. The molecule has 2 rings (SSSR count). The minimum atomic E-state index is -1.09. The molecule has 0 radical (unpaired) electrons. The molecule has 136 valence electrons. The number of carbonyl (C=O) groups is 3. The maximum Gasteiger partial charge on any atom is 0.326 e. The van der Waals surface area contributed by atoms with Gasteiger partial charge in [0, 0.05) is 25.1 Å². The zero-order valence-electron chi connectivity index (χ0n) is 13.8. The van der Waals surface area contributed by atoms with E-state index in [-0.39, 0.29) is 12.0 Å². The van der Waals surface area contributed by atoms with Crippen molar-refractivity contribution in [2.24, 2.45) is 0 Å².